The molecule has 4 rings (SSSR count). The zero-order valence-corrected chi connectivity index (χ0v) is 13.7. The van der Waals surface area contributed by atoms with Gasteiger partial charge in [-0.25, -0.2) is 4.68 Å². The van der Waals surface area contributed by atoms with E-state index in [-0.39, 0.29) is 12.0 Å². The highest BCUT2D eigenvalue weighted by atomic mass is 16.5. The smallest absolute Gasteiger partial charge is 0.276 e. The maximum absolute atomic E-state index is 12.6. The summed E-state index contributed by atoms with van der Waals surface area (Å²) in [7, 11) is 0. The van der Waals surface area contributed by atoms with Gasteiger partial charge in [-0.3, -0.25) is 4.79 Å². The van der Waals surface area contributed by atoms with Crippen LogP contribution < -0.4 is 5.32 Å². The Balaban J connectivity index is 1.53. The third-order valence-corrected chi connectivity index (χ3v) is 4.65. The summed E-state index contributed by atoms with van der Waals surface area (Å²) in [5.41, 5.74) is 3.55. The van der Waals surface area contributed by atoms with Crippen LogP contribution in [0.4, 0.5) is 0 Å². The summed E-state index contributed by atoms with van der Waals surface area (Å²) in [6, 6.07) is 8.31. The van der Waals surface area contributed by atoms with E-state index in [9.17, 15) is 4.79 Å². The topological polar surface area (TPSA) is 72.3 Å². The van der Waals surface area contributed by atoms with Crippen LogP contribution in [0, 0.1) is 6.92 Å². The maximum atomic E-state index is 12.6. The van der Waals surface area contributed by atoms with Crippen LogP contribution in [0.3, 0.4) is 0 Å². The number of hydrogen-bond acceptors (Lipinski definition) is 5. The predicted molar refractivity (Wildman–Crippen MR) is 87.5 cm³/mol. The first-order valence-electron chi connectivity index (χ1n) is 8.33. The molecule has 0 spiro atoms. The highest BCUT2D eigenvalue weighted by Gasteiger charge is 2.30. The molecule has 1 aromatic heterocycles. The highest BCUT2D eigenvalue weighted by Crippen LogP contribution is 2.27. The Labute approximate surface area is 140 Å². The minimum atomic E-state index is -0.0538. The Bertz CT molecular complexity index is 734. The molecule has 2 aliphatic heterocycles. The summed E-state index contributed by atoms with van der Waals surface area (Å²) in [5.74, 6) is -0.0462. The summed E-state index contributed by atoms with van der Waals surface area (Å²) in [5, 5.41) is 11.6. The standard InChI is InChI=1S/C17H21N5O2/c1-12-2-4-13(5-3-12)15-10-22-14(11-24-15)16(19-20-22)17(23)21-8-6-18-7-9-21/h2-5,15,18H,6-11H2,1H3/t15-/m0/s1. The summed E-state index contributed by atoms with van der Waals surface area (Å²) < 4.78 is 7.79. The Morgan fingerprint density at radius 3 is 2.75 bits per heavy atom. The average molecular weight is 327 g/mol. The number of piperazine rings is 1. The van der Waals surface area contributed by atoms with Crippen LogP contribution in [0.1, 0.15) is 33.4 Å². The van der Waals surface area contributed by atoms with Gasteiger partial charge < -0.3 is 15.0 Å². The fraction of sp³-hybridized carbons (Fsp3) is 0.471. The van der Waals surface area contributed by atoms with E-state index in [1.165, 1.54) is 5.56 Å². The second-order valence-corrected chi connectivity index (χ2v) is 6.32. The Hall–Kier alpha value is -2.25. The number of nitrogens with one attached hydrogen (secondary N) is 1. The zero-order chi connectivity index (χ0) is 16.5. The third kappa shape index (κ3) is 2.81. The number of aromatic nitrogens is 3. The average Bonchev–Trinajstić information content (AvgIpc) is 3.05. The summed E-state index contributed by atoms with van der Waals surface area (Å²) in [6.07, 6.45) is -0.0538. The molecule has 1 saturated heterocycles. The van der Waals surface area contributed by atoms with Gasteiger partial charge in [0.15, 0.2) is 5.69 Å². The minimum Gasteiger partial charge on any atom is -0.365 e. The lowest BCUT2D eigenvalue weighted by Crippen LogP contribution is -2.46. The van der Waals surface area contributed by atoms with Crippen LogP contribution >= 0.6 is 0 Å². The van der Waals surface area contributed by atoms with Crippen molar-refractivity contribution < 1.29 is 9.53 Å². The molecule has 126 valence electrons. The Kier molecular flexibility index (Phi) is 4.03. The van der Waals surface area contributed by atoms with E-state index < -0.39 is 0 Å². The normalized spacial score (nSPS) is 20.7. The molecule has 0 unspecified atom stereocenters. The lowest BCUT2D eigenvalue weighted by Gasteiger charge is -2.28. The van der Waals surface area contributed by atoms with Crippen LogP contribution in [0.5, 0.6) is 0 Å². The molecular formula is C17H21N5O2. The van der Waals surface area contributed by atoms with E-state index >= 15 is 0 Å². The van der Waals surface area contributed by atoms with Gasteiger partial charge >= 0.3 is 0 Å². The predicted octanol–water partition coefficient (Wildman–Crippen LogP) is 0.903. The fourth-order valence-corrected chi connectivity index (χ4v) is 3.18. The van der Waals surface area contributed by atoms with Gasteiger partial charge in [0.2, 0.25) is 0 Å². The molecule has 1 aromatic carbocycles. The van der Waals surface area contributed by atoms with Gasteiger partial charge in [-0.2, -0.15) is 0 Å². The molecule has 2 aliphatic rings. The van der Waals surface area contributed by atoms with Crippen molar-refractivity contribution in [2.24, 2.45) is 0 Å². The SMILES string of the molecule is Cc1ccc([C@@H]2Cn3nnc(C(=O)N4CCNCC4)c3CO2)cc1. The summed E-state index contributed by atoms with van der Waals surface area (Å²) >= 11 is 0. The molecule has 7 nitrogen and oxygen atoms in total. The minimum absolute atomic E-state index is 0.0462. The second-order valence-electron chi connectivity index (χ2n) is 6.32. The van der Waals surface area contributed by atoms with Gasteiger partial charge in [0.1, 0.15) is 6.10 Å². The molecular weight excluding hydrogens is 306 g/mol. The van der Waals surface area contributed by atoms with Crippen LogP contribution in [0.25, 0.3) is 0 Å². The maximum Gasteiger partial charge on any atom is 0.276 e. The number of carbonyl (C=O) groups is 1. The molecule has 0 bridgehead atoms. The molecule has 24 heavy (non-hydrogen) atoms. The highest BCUT2D eigenvalue weighted by molar-refractivity contribution is 5.93. The first kappa shape index (κ1) is 15.3. The molecule has 2 aromatic rings. The molecule has 0 saturated carbocycles. The first-order chi connectivity index (χ1) is 11.7. The first-order valence-corrected chi connectivity index (χ1v) is 8.33. The van der Waals surface area contributed by atoms with Crippen LogP contribution in [0.15, 0.2) is 24.3 Å². The zero-order valence-electron chi connectivity index (χ0n) is 13.7. The number of hydrogen-bond donors (Lipinski definition) is 1. The fourth-order valence-electron chi connectivity index (χ4n) is 3.18. The Morgan fingerprint density at radius 2 is 2.00 bits per heavy atom. The quantitative estimate of drug-likeness (QED) is 0.887. The number of benzene rings is 1. The van der Waals surface area contributed by atoms with E-state index in [1.54, 1.807) is 0 Å². The molecule has 1 atom stereocenters. The number of rotatable bonds is 2. The number of fused-ring (bicyclic) bond motifs is 1. The third-order valence-electron chi connectivity index (χ3n) is 4.65. The van der Waals surface area contributed by atoms with E-state index in [0.29, 0.717) is 31.9 Å². The van der Waals surface area contributed by atoms with Crippen molar-refractivity contribution in [3.63, 3.8) is 0 Å². The Morgan fingerprint density at radius 1 is 1.25 bits per heavy atom. The summed E-state index contributed by atoms with van der Waals surface area (Å²) in [4.78, 5) is 14.5. The molecule has 1 N–H and O–H groups in total. The van der Waals surface area contributed by atoms with Crippen molar-refractivity contribution in [3.8, 4) is 0 Å². The van der Waals surface area contributed by atoms with Crippen molar-refractivity contribution in [1.29, 1.82) is 0 Å². The monoisotopic (exact) mass is 327 g/mol. The van der Waals surface area contributed by atoms with Crippen LogP contribution in [-0.4, -0.2) is 52.0 Å². The van der Waals surface area contributed by atoms with E-state index in [0.717, 1.165) is 24.3 Å². The van der Waals surface area contributed by atoms with Gasteiger partial charge in [0, 0.05) is 26.2 Å². The van der Waals surface area contributed by atoms with E-state index in [4.69, 9.17) is 4.74 Å². The van der Waals surface area contributed by atoms with Crippen molar-refractivity contribution in [2.45, 2.75) is 26.2 Å². The van der Waals surface area contributed by atoms with Gasteiger partial charge in [-0.15, -0.1) is 5.10 Å². The molecule has 1 amide bonds. The largest absolute Gasteiger partial charge is 0.365 e. The van der Waals surface area contributed by atoms with Crippen molar-refractivity contribution in [1.82, 2.24) is 25.2 Å². The van der Waals surface area contributed by atoms with Crippen LogP contribution in [-0.2, 0) is 17.9 Å². The molecule has 1 fully saturated rings. The van der Waals surface area contributed by atoms with Gasteiger partial charge in [0.25, 0.3) is 5.91 Å². The molecule has 7 heteroatoms. The van der Waals surface area contributed by atoms with E-state index in [2.05, 4.69) is 46.8 Å². The van der Waals surface area contributed by atoms with Gasteiger partial charge in [0.05, 0.1) is 18.8 Å². The lowest BCUT2D eigenvalue weighted by atomic mass is 10.1. The number of carbonyl (C=O) groups excluding carboxylic acids is 1. The number of amides is 1. The number of ether oxygens (including phenoxy) is 1. The number of aryl methyl sites for hydroxylation is 1. The van der Waals surface area contributed by atoms with Crippen molar-refractivity contribution in [3.05, 3.63) is 46.8 Å². The second kappa shape index (κ2) is 6.33. The lowest BCUT2D eigenvalue weighted by molar-refractivity contribution is -0.00197. The van der Waals surface area contributed by atoms with E-state index in [1.807, 2.05) is 9.58 Å². The number of nitrogens with zero attached hydrogens (tertiary/aromatic N) is 4. The van der Waals surface area contributed by atoms with Gasteiger partial charge in [-0.1, -0.05) is 35.0 Å². The summed E-state index contributed by atoms with van der Waals surface area (Å²) in [6.45, 7) is 6.06. The van der Waals surface area contributed by atoms with Crippen molar-refractivity contribution >= 4 is 5.91 Å². The molecule has 0 aliphatic carbocycles. The van der Waals surface area contributed by atoms with Crippen LogP contribution in [0.2, 0.25) is 0 Å². The molecule has 3 heterocycles. The molecule has 0 radical (unpaired) electrons. The van der Waals surface area contributed by atoms with Gasteiger partial charge in [-0.05, 0) is 12.5 Å². The van der Waals surface area contributed by atoms with Crippen molar-refractivity contribution in [2.75, 3.05) is 26.2 Å².